The van der Waals surface area contributed by atoms with Gasteiger partial charge in [-0.3, -0.25) is 9.59 Å². The minimum Gasteiger partial charge on any atom is -0.389 e. The van der Waals surface area contributed by atoms with E-state index >= 15 is 0 Å². The van der Waals surface area contributed by atoms with Crippen LogP contribution in [-0.4, -0.2) is 46.8 Å². The molecule has 0 radical (unpaired) electrons. The highest BCUT2D eigenvalue weighted by molar-refractivity contribution is 5.90. The van der Waals surface area contributed by atoms with Crippen molar-refractivity contribution < 1.29 is 32.3 Å². The molecule has 0 bridgehead atoms. The maximum absolute atomic E-state index is 13.6. The summed E-state index contributed by atoms with van der Waals surface area (Å²) in [4.78, 5) is 26.8. The van der Waals surface area contributed by atoms with Crippen molar-refractivity contribution in [2.75, 3.05) is 6.54 Å². The van der Waals surface area contributed by atoms with Crippen molar-refractivity contribution in [3.8, 4) is 11.3 Å². The highest BCUT2D eigenvalue weighted by Crippen LogP contribution is 2.59. The number of β-amino-alcohol motifs (C(OH)–C–C–N with tert-alkyl or cyclic N) is 1. The Morgan fingerprint density at radius 2 is 1.90 bits per heavy atom. The molecule has 2 aliphatic rings. The molecule has 2 heterocycles. The molecule has 4 N–H and O–H groups in total. The van der Waals surface area contributed by atoms with Crippen LogP contribution in [0.2, 0.25) is 0 Å². The van der Waals surface area contributed by atoms with E-state index in [4.69, 9.17) is 0 Å². The summed E-state index contributed by atoms with van der Waals surface area (Å²) in [6.45, 7) is 0.0409. The van der Waals surface area contributed by atoms with Gasteiger partial charge in [-0.2, -0.15) is 13.2 Å². The molecule has 2 fully saturated rings. The third kappa shape index (κ3) is 4.04. The number of hydrogen-bond acceptors (Lipinski definition) is 3. The van der Waals surface area contributed by atoms with Gasteiger partial charge in [-0.15, -0.1) is 0 Å². The van der Waals surface area contributed by atoms with Crippen LogP contribution in [0.3, 0.4) is 0 Å². The van der Waals surface area contributed by atoms with Gasteiger partial charge in [-0.25, -0.2) is 4.39 Å². The molecule has 2 amide bonds. The SMILES string of the molecule is O=C(CCc1cc(C2(C(F)(F)F)CC2)[nH]c1-c1ccc(F)cc1)N[C@@H]1C(=O)NC[C@H]1O. The van der Waals surface area contributed by atoms with E-state index in [2.05, 4.69) is 15.6 Å². The largest absolute Gasteiger partial charge is 0.399 e. The second-order valence-corrected chi connectivity index (χ2v) is 8.03. The molecule has 1 aromatic carbocycles. The minimum absolute atomic E-state index is 0.0194. The van der Waals surface area contributed by atoms with E-state index in [9.17, 15) is 32.3 Å². The molecule has 2 atom stereocenters. The molecular formula is C21H21F4N3O3. The summed E-state index contributed by atoms with van der Waals surface area (Å²) in [6, 6.07) is 5.71. The number of aromatic amines is 1. The lowest BCUT2D eigenvalue weighted by Crippen LogP contribution is -2.45. The van der Waals surface area contributed by atoms with Crippen molar-refractivity contribution >= 4 is 11.8 Å². The smallest absolute Gasteiger partial charge is 0.389 e. The summed E-state index contributed by atoms with van der Waals surface area (Å²) >= 11 is 0. The fourth-order valence-corrected chi connectivity index (χ4v) is 3.92. The number of aryl methyl sites for hydroxylation is 1. The average molecular weight is 439 g/mol. The van der Waals surface area contributed by atoms with Crippen LogP contribution in [0, 0.1) is 5.82 Å². The van der Waals surface area contributed by atoms with Gasteiger partial charge in [0.1, 0.15) is 23.4 Å². The minimum atomic E-state index is -4.40. The van der Waals surface area contributed by atoms with Crippen molar-refractivity contribution in [2.24, 2.45) is 0 Å². The molecule has 166 valence electrons. The van der Waals surface area contributed by atoms with Crippen LogP contribution in [-0.2, 0) is 21.4 Å². The van der Waals surface area contributed by atoms with Gasteiger partial charge in [0.05, 0.1) is 0 Å². The summed E-state index contributed by atoms with van der Waals surface area (Å²) in [5.74, 6) is -1.47. The number of H-pyrrole nitrogens is 1. The van der Waals surface area contributed by atoms with Gasteiger partial charge in [0, 0.05) is 24.4 Å². The summed E-state index contributed by atoms with van der Waals surface area (Å²) in [7, 11) is 0. The van der Waals surface area contributed by atoms with E-state index in [1.54, 1.807) is 0 Å². The Morgan fingerprint density at radius 3 is 2.45 bits per heavy atom. The van der Waals surface area contributed by atoms with Crippen LogP contribution in [0.5, 0.6) is 0 Å². The number of halogens is 4. The van der Waals surface area contributed by atoms with E-state index < -0.39 is 41.4 Å². The zero-order valence-corrected chi connectivity index (χ0v) is 16.4. The number of carbonyl (C=O) groups excluding carboxylic acids is 2. The molecule has 0 unspecified atom stereocenters. The third-order valence-electron chi connectivity index (χ3n) is 5.93. The second kappa shape index (κ2) is 7.67. The number of aromatic nitrogens is 1. The van der Waals surface area contributed by atoms with Crippen molar-refractivity contribution in [1.29, 1.82) is 0 Å². The molecule has 1 saturated carbocycles. The number of aliphatic hydroxyl groups is 1. The molecule has 1 aliphatic heterocycles. The Hall–Kier alpha value is -2.88. The Balaban J connectivity index is 1.56. The molecular weight excluding hydrogens is 418 g/mol. The third-order valence-corrected chi connectivity index (χ3v) is 5.93. The number of benzene rings is 1. The molecule has 10 heteroatoms. The van der Waals surface area contributed by atoms with Crippen LogP contribution in [0.25, 0.3) is 11.3 Å². The van der Waals surface area contributed by atoms with Crippen LogP contribution < -0.4 is 10.6 Å². The van der Waals surface area contributed by atoms with Crippen molar-refractivity contribution in [2.45, 2.75) is 49.4 Å². The fraction of sp³-hybridized carbons (Fsp3) is 0.429. The first-order chi connectivity index (χ1) is 14.6. The van der Waals surface area contributed by atoms with Gasteiger partial charge in [0.25, 0.3) is 0 Å². The standard InChI is InChI=1S/C21H21F4N3O3/c22-13-4-1-11(2-5-13)17-12(9-15(27-17)20(7-8-20)21(23,24)25)3-6-16(30)28-18-14(29)10-26-19(18)31/h1-2,4-5,9,14,18,27,29H,3,6-8,10H2,(H,26,31)(H,28,30)/t14-,18+/m1/s1. The van der Waals surface area contributed by atoms with E-state index in [0.29, 0.717) is 16.8 Å². The van der Waals surface area contributed by atoms with Crippen LogP contribution in [0.15, 0.2) is 30.3 Å². The highest BCUT2D eigenvalue weighted by atomic mass is 19.4. The van der Waals surface area contributed by atoms with Gasteiger partial charge in [-0.05, 0) is 60.7 Å². The predicted molar refractivity (Wildman–Crippen MR) is 102 cm³/mol. The normalized spacial score (nSPS) is 22.3. The van der Waals surface area contributed by atoms with E-state index in [-0.39, 0.29) is 37.9 Å². The summed E-state index contributed by atoms with van der Waals surface area (Å²) in [6.07, 6.45) is -5.47. The topological polar surface area (TPSA) is 94.2 Å². The first-order valence-corrected chi connectivity index (χ1v) is 9.91. The Morgan fingerprint density at radius 1 is 1.23 bits per heavy atom. The fourth-order valence-electron chi connectivity index (χ4n) is 3.92. The number of amides is 2. The van der Waals surface area contributed by atoms with Gasteiger partial charge >= 0.3 is 6.18 Å². The molecule has 4 rings (SSSR count). The van der Waals surface area contributed by atoms with E-state index in [0.717, 1.165) is 0 Å². The van der Waals surface area contributed by atoms with Crippen LogP contribution in [0.4, 0.5) is 17.6 Å². The molecule has 6 nitrogen and oxygen atoms in total. The van der Waals surface area contributed by atoms with Gasteiger partial charge in [0.2, 0.25) is 11.8 Å². The Bertz CT molecular complexity index is 996. The van der Waals surface area contributed by atoms with Crippen molar-refractivity contribution in [3.63, 3.8) is 0 Å². The lowest BCUT2D eigenvalue weighted by molar-refractivity contribution is -0.161. The first-order valence-electron chi connectivity index (χ1n) is 9.91. The van der Waals surface area contributed by atoms with Gasteiger partial charge in [-0.1, -0.05) is 0 Å². The second-order valence-electron chi connectivity index (χ2n) is 8.03. The summed E-state index contributed by atoms with van der Waals surface area (Å²) in [5, 5.41) is 14.6. The van der Waals surface area contributed by atoms with E-state index in [1.165, 1.54) is 30.3 Å². The number of rotatable bonds is 6. The maximum Gasteiger partial charge on any atom is 0.399 e. The molecule has 1 saturated heterocycles. The van der Waals surface area contributed by atoms with E-state index in [1.807, 2.05) is 0 Å². The number of alkyl halides is 3. The monoisotopic (exact) mass is 439 g/mol. The van der Waals surface area contributed by atoms with Crippen LogP contribution >= 0.6 is 0 Å². The molecule has 1 aliphatic carbocycles. The Labute approximate surface area is 175 Å². The molecule has 31 heavy (non-hydrogen) atoms. The number of nitrogens with one attached hydrogen (secondary N) is 3. The first kappa shape index (κ1) is 21.4. The van der Waals surface area contributed by atoms with Gasteiger partial charge in [0.15, 0.2) is 0 Å². The molecule has 2 aromatic rings. The lowest BCUT2D eigenvalue weighted by atomic mass is 10.00. The molecule has 0 spiro atoms. The zero-order valence-electron chi connectivity index (χ0n) is 16.4. The number of hydrogen-bond donors (Lipinski definition) is 4. The number of aliphatic hydroxyl groups excluding tert-OH is 1. The maximum atomic E-state index is 13.6. The average Bonchev–Trinajstić information content (AvgIpc) is 3.35. The predicted octanol–water partition coefficient (Wildman–Crippen LogP) is 2.32. The lowest BCUT2D eigenvalue weighted by Gasteiger charge is -2.17. The summed E-state index contributed by atoms with van der Waals surface area (Å²) < 4.78 is 54.1. The summed E-state index contributed by atoms with van der Waals surface area (Å²) in [5.41, 5.74) is -0.499. The number of carbonyl (C=O) groups is 2. The quantitative estimate of drug-likeness (QED) is 0.521. The highest BCUT2D eigenvalue weighted by Gasteiger charge is 2.65. The molecule has 1 aromatic heterocycles. The zero-order chi connectivity index (χ0) is 22.4. The van der Waals surface area contributed by atoms with Crippen LogP contribution in [0.1, 0.15) is 30.5 Å². The Kier molecular flexibility index (Phi) is 5.28. The van der Waals surface area contributed by atoms with Crippen molar-refractivity contribution in [3.05, 3.63) is 47.4 Å². The van der Waals surface area contributed by atoms with Gasteiger partial charge < -0.3 is 20.7 Å². The van der Waals surface area contributed by atoms with Crippen molar-refractivity contribution in [1.82, 2.24) is 15.6 Å².